The van der Waals surface area contributed by atoms with Crippen LogP contribution in [-0.2, 0) is 4.79 Å². The molecule has 0 fully saturated rings. The SMILES string of the molecule is CSc1sc(C)cc1[C@H]1C(C#N)=C(N)N(c2ccc(Br)cc2)C2=C1C(=O)CCC2. The van der Waals surface area contributed by atoms with Crippen LogP contribution in [0.15, 0.2) is 61.7 Å². The fourth-order valence-corrected chi connectivity index (χ4v) is 6.33. The van der Waals surface area contributed by atoms with Gasteiger partial charge in [0.15, 0.2) is 5.78 Å². The van der Waals surface area contributed by atoms with E-state index in [2.05, 4.69) is 35.0 Å². The third-order valence-electron chi connectivity index (χ3n) is 5.34. The minimum Gasteiger partial charge on any atom is -0.384 e. The highest BCUT2D eigenvalue weighted by atomic mass is 79.9. The highest BCUT2D eigenvalue weighted by Gasteiger charge is 2.41. The molecule has 0 saturated carbocycles. The molecule has 148 valence electrons. The van der Waals surface area contributed by atoms with E-state index in [9.17, 15) is 10.1 Å². The molecule has 2 N–H and O–H groups in total. The zero-order chi connectivity index (χ0) is 20.7. The van der Waals surface area contributed by atoms with E-state index in [0.29, 0.717) is 17.8 Å². The first-order chi connectivity index (χ1) is 14.0. The van der Waals surface area contributed by atoms with Crippen molar-refractivity contribution in [3.05, 3.63) is 67.9 Å². The monoisotopic (exact) mass is 485 g/mol. The van der Waals surface area contributed by atoms with Crippen LogP contribution < -0.4 is 10.6 Å². The van der Waals surface area contributed by atoms with Gasteiger partial charge in [-0.15, -0.1) is 23.1 Å². The number of aryl methyl sites for hydroxylation is 1. The second-order valence-corrected chi connectivity index (χ2v) is 10.3. The summed E-state index contributed by atoms with van der Waals surface area (Å²) in [5.74, 6) is 0.153. The van der Waals surface area contributed by atoms with Gasteiger partial charge in [0, 0.05) is 32.7 Å². The second-order valence-electron chi connectivity index (χ2n) is 7.10. The largest absolute Gasteiger partial charge is 0.384 e. The van der Waals surface area contributed by atoms with Gasteiger partial charge in [0.05, 0.1) is 21.8 Å². The summed E-state index contributed by atoms with van der Waals surface area (Å²) < 4.78 is 2.10. The van der Waals surface area contributed by atoms with Gasteiger partial charge in [-0.3, -0.25) is 9.69 Å². The van der Waals surface area contributed by atoms with E-state index in [1.807, 2.05) is 35.4 Å². The van der Waals surface area contributed by atoms with Crippen molar-refractivity contribution in [2.24, 2.45) is 5.73 Å². The topological polar surface area (TPSA) is 70.1 Å². The highest BCUT2D eigenvalue weighted by molar-refractivity contribution is 9.10. The van der Waals surface area contributed by atoms with E-state index in [1.54, 1.807) is 23.1 Å². The predicted molar refractivity (Wildman–Crippen MR) is 123 cm³/mol. The quantitative estimate of drug-likeness (QED) is 0.552. The lowest BCUT2D eigenvalue weighted by atomic mass is 9.76. The first kappa shape index (κ1) is 20.3. The molecule has 4 rings (SSSR count). The van der Waals surface area contributed by atoms with Crippen LogP contribution in [0.2, 0.25) is 0 Å². The molecule has 0 bridgehead atoms. The van der Waals surface area contributed by atoms with Crippen LogP contribution in [0.4, 0.5) is 5.69 Å². The van der Waals surface area contributed by atoms with Crippen molar-refractivity contribution in [2.75, 3.05) is 11.2 Å². The highest BCUT2D eigenvalue weighted by Crippen LogP contribution is 2.49. The average molecular weight is 486 g/mol. The molecule has 1 aromatic heterocycles. The smallest absolute Gasteiger partial charge is 0.161 e. The molecule has 2 heterocycles. The van der Waals surface area contributed by atoms with Gasteiger partial charge in [-0.25, -0.2) is 0 Å². The minimum absolute atomic E-state index is 0.120. The van der Waals surface area contributed by atoms with Crippen LogP contribution in [0.1, 0.15) is 35.6 Å². The molecule has 4 nitrogen and oxygen atoms in total. The summed E-state index contributed by atoms with van der Waals surface area (Å²) >= 11 is 6.82. The number of hydrogen-bond donors (Lipinski definition) is 1. The summed E-state index contributed by atoms with van der Waals surface area (Å²) in [7, 11) is 0. The fourth-order valence-electron chi connectivity index (χ4n) is 4.16. The first-order valence-corrected chi connectivity index (χ1v) is 12.2. The summed E-state index contributed by atoms with van der Waals surface area (Å²) in [6.07, 6.45) is 4.11. The van der Waals surface area contributed by atoms with Gasteiger partial charge in [0.2, 0.25) is 0 Å². The van der Waals surface area contributed by atoms with Crippen molar-refractivity contribution in [3.63, 3.8) is 0 Å². The van der Waals surface area contributed by atoms with E-state index in [0.717, 1.165) is 44.0 Å². The van der Waals surface area contributed by atoms with Gasteiger partial charge in [-0.2, -0.15) is 5.26 Å². The molecule has 1 atom stereocenters. The van der Waals surface area contributed by atoms with Crippen LogP contribution in [0.3, 0.4) is 0 Å². The number of hydrogen-bond acceptors (Lipinski definition) is 6. The molecule has 29 heavy (non-hydrogen) atoms. The summed E-state index contributed by atoms with van der Waals surface area (Å²) in [6.45, 7) is 2.06. The molecular formula is C22H20BrN3OS2. The number of allylic oxidation sites excluding steroid dienone is 3. The molecular weight excluding hydrogens is 466 g/mol. The number of carbonyl (C=O) groups is 1. The maximum absolute atomic E-state index is 13.1. The van der Waals surface area contributed by atoms with Gasteiger partial charge < -0.3 is 5.73 Å². The number of nitrogens with two attached hydrogens (primary N) is 1. The van der Waals surface area contributed by atoms with E-state index >= 15 is 0 Å². The number of rotatable bonds is 3. The van der Waals surface area contributed by atoms with Crippen LogP contribution in [-0.4, -0.2) is 12.0 Å². The fraction of sp³-hybridized carbons (Fsp3) is 0.273. The van der Waals surface area contributed by atoms with Crippen LogP contribution in [0.25, 0.3) is 0 Å². The molecule has 1 aliphatic heterocycles. The zero-order valence-corrected chi connectivity index (χ0v) is 19.4. The Morgan fingerprint density at radius 1 is 1.31 bits per heavy atom. The first-order valence-electron chi connectivity index (χ1n) is 9.32. The van der Waals surface area contributed by atoms with Gasteiger partial charge in [-0.05, 0) is 61.9 Å². The number of Topliss-reactive ketones (excluding diaryl/α,β-unsaturated/α-hetero) is 1. The Bertz CT molecular complexity index is 1090. The number of benzene rings is 1. The Morgan fingerprint density at radius 3 is 2.69 bits per heavy atom. The molecule has 7 heteroatoms. The van der Waals surface area contributed by atoms with Crippen molar-refractivity contribution in [1.29, 1.82) is 5.26 Å². The number of nitriles is 1. The van der Waals surface area contributed by atoms with Crippen LogP contribution in [0.5, 0.6) is 0 Å². The van der Waals surface area contributed by atoms with Gasteiger partial charge >= 0.3 is 0 Å². The third kappa shape index (κ3) is 3.43. The zero-order valence-electron chi connectivity index (χ0n) is 16.2. The van der Waals surface area contributed by atoms with Crippen molar-refractivity contribution >= 4 is 50.5 Å². The summed E-state index contributed by atoms with van der Waals surface area (Å²) in [5, 5.41) is 10.1. The average Bonchev–Trinajstić information content (AvgIpc) is 3.09. The summed E-state index contributed by atoms with van der Waals surface area (Å²) in [4.78, 5) is 16.2. The number of thioether (sulfide) groups is 1. The number of ketones is 1. The third-order valence-corrected chi connectivity index (χ3v) is 8.09. The minimum atomic E-state index is -0.387. The number of anilines is 1. The molecule has 0 amide bonds. The Labute approximate surface area is 187 Å². The lowest BCUT2D eigenvalue weighted by molar-refractivity contribution is -0.116. The number of nitrogens with zero attached hydrogens (tertiary/aromatic N) is 2. The van der Waals surface area contributed by atoms with Crippen molar-refractivity contribution in [2.45, 2.75) is 36.3 Å². The normalized spacial score (nSPS) is 19.4. The Hall–Kier alpha value is -2.01. The lowest BCUT2D eigenvalue weighted by Gasteiger charge is -2.39. The van der Waals surface area contributed by atoms with E-state index in [-0.39, 0.29) is 11.7 Å². The number of carbonyl (C=O) groups excluding carboxylic acids is 1. The molecule has 0 unspecified atom stereocenters. The molecule has 1 aliphatic carbocycles. The van der Waals surface area contributed by atoms with Gasteiger partial charge in [0.25, 0.3) is 0 Å². The lowest BCUT2D eigenvalue weighted by Crippen LogP contribution is -2.38. The molecule has 2 aliphatic rings. The van der Waals surface area contributed by atoms with Crippen molar-refractivity contribution in [1.82, 2.24) is 0 Å². The number of thiophene rings is 1. The number of halogens is 1. The molecule has 0 spiro atoms. The van der Waals surface area contributed by atoms with E-state index in [1.165, 1.54) is 4.88 Å². The molecule has 0 saturated heterocycles. The Morgan fingerprint density at radius 2 is 2.03 bits per heavy atom. The van der Waals surface area contributed by atoms with E-state index in [4.69, 9.17) is 5.73 Å². The molecule has 2 aromatic rings. The Kier molecular flexibility index (Phi) is 5.60. The summed E-state index contributed by atoms with van der Waals surface area (Å²) in [5.41, 5.74) is 10.6. The van der Waals surface area contributed by atoms with E-state index < -0.39 is 0 Å². The van der Waals surface area contributed by atoms with Crippen LogP contribution in [0, 0.1) is 18.3 Å². The van der Waals surface area contributed by atoms with Crippen molar-refractivity contribution in [3.8, 4) is 6.07 Å². The van der Waals surface area contributed by atoms with Gasteiger partial charge in [-0.1, -0.05) is 15.9 Å². The summed E-state index contributed by atoms with van der Waals surface area (Å²) in [6, 6.07) is 12.2. The predicted octanol–water partition coefficient (Wildman–Crippen LogP) is 5.85. The van der Waals surface area contributed by atoms with Gasteiger partial charge in [0.1, 0.15) is 5.82 Å². The molecule has 1 aromatic carbocycles. The second kappa shape index (κ2) is 8.02. The maximum Gasteiger partial charge on any atom is 0.161 e. The van der Waals surface area contributed by atoms with Crippen molar-refractivity contribution < 1.29 is 4.79 Å². The Balaban J connectivity index is 1.98. The standard InChI is InChI=1S/C22H20BrN3OS2/c1-12-10-15(22(28-2)29-12)19-16(11-24)21(25)26(14-8-6-13(23)7-9-14)17-4-3-5-18(27)20(17)19/h6-10,19H,3-5,25H2,1-2H3/t19-/m0/s1. The maximum atomic E-state index is 13.1. The molecule has 0 radical (unpaired) electrons. The van der Waals surface area contributed by atoms with Crippen LogP contribution >= 0.6 is 39.0 Å².